The molecule has 1 saturated carbocycles. The molecule has 0 atom stereocenters. The SMILES string of the molecule is CSc1nc(C2CC2)nc(C)c1C(=O)NCCc1ccc(C)nc1. The van der Waals surface area contributed by atoms with E-state index >= 15 is 0 Å². The second-order valence-corrected chi connectivity index (χ2v) is 6.93. The summed E-state index contributed by atoms with van der Waals surface area (Å²) in [4.78, 5) is 26.0. The van der Waals surface area contributed by atoms with Gasteiger partial charge in [0, 0.05) is 24.4 Å². The van der Waals surface area contributed by atoms with Crippen LogP contribution in [-0.4, -0.2) is 33.7 Å². The maximum atomic E-state index is 12.6. The van der Waals surface area contributed by atoms with Crippen LogP contribution in [0.1, 0.15) is 51.9 Å². The summed E-state index contributed by atoms with van der Waals surface area (Å²) in [5.74, 6) is 1.28. The lowest BCUT2D eigenvalue weighted by Gasteiger charge is -2.12. The Morgan fingerprint density at radius 1 is 1.29 bits per heavy atom. The molecule has 2 heterocycles. The molecule has 2 aromatic heterocycles. The first-order valence-electron chi connectivity index (χ1n) is 8.20. The first kappa shape index (κ1) is 16.9. The Labute approximate surface area is 146 Å². The summed E-state index contributed by atoms with van der Waals surface area (Å²) in [6, 6.07) is 4.03. The molecule has 0 radical (unpaired) electrons. The number of aromatic nitrogens is 3. The van der Waals surface area contributed by atoms with Crippen LogP contribution in [0.5, 0.6) is 0 Å². The molecule has 5 nitrogen and oxygen atoms in total. The molecule has 6 heteroatoms. The molecule has 1 aliphatic carbocycles. The second-order valence-electron chi connectivity index (χ2n) is 6.14. The number of hydrogen-bond donors (Lipinski definition) is 1. The van der Waals surface area contributed by atoms with Gasteiger partial charge in [-0.3, -0.25) is 9.78 Å². The van der Waals surface area contributed by atoms with Crippen LogP contribution in [0, 0.1) is 13.8 Å². The van der Waals surface area contributed by atoms with Gasteiger partial charge in [0.05, 0.1) is 11.3 Å². The van der Waals surface area contributed by atoms with Crippen LogP contribution in [0.25, 0.3) is 0 Å². The van der Waals surface area contributed by atoms with Crippen LogP contribution in [0.2, 0.25) is 0 Å². The van der Waals surface area contributed by atoms with E-state index < -0.39 is 0 Å². The van der Waals surface area contributed by atoms with Crippen molar-refractivity contribution in [2.75, 3.05) is 12.8 Å². The van der Waals surface area contributed by atoms with Gasteiger partial charge in [-0.05, 0) is 51.0 Å². The maximum Gasteiger partial charge on any atom is 0.255 e. The molecular weight excluding hydrogens is 320 g/mol. The van der Waals surface area contributed by atoms with Crippen molar-refractivity contribution in [2.45, 2.75) is 44.1 Å². The summed E-state index contributed by atoms with van der Waals surface area (Å²) in [5, 5.41) is 3.76. The number of nitrogens with zero attached hydrogens (tertiary/aromatic N) is 3. The molecular formula is C18H22N4OS. The van der Waals surface area contributed by atoms with Crippen molar-refractivity contribution >= 4 is 17.7 Å². The number of aryl methyl sites for hydroxylation is 2. The normalized spacial score (nSPS) is 13.8. The summed E-state index contributed by atoms with van der Waals surface area (Å²) >= 11 is 1.51. The van der Waals surface area contributed by atoms with Gasteiger partial charge in [-0.15, -0.1) is 11.8 Å². The van der Waals surface area contributed by atoms with E-state index in [1.807, 2.05) is 38.4 Å². The Kier molecular flexibility index (Phi) is 5.14. The van der Waals surface area contributed by atoms with Crippen molar-refractivity contribution in [2.24, 2.45) is 0 Å². The van der Waals surface area contributed by atoms with Crippen molar-refractivity contribution in [3.63, 3.8) is 0 Å². The molecule has 1 amide bonds. The van der Waals surface area contributed by atoms with Gasteiger partial charge < -0.3 is 5.32 Å². The minimum absolute atomic E-state index is 0.0979. The zero-order chi connectivity index (χ0) is 17.1. The Bertz CT molecular complexity index is 741. The molecule has 0 aromatic carbocycles. The molecule has 0 aliphatic heterocycles. The monoisotopic (exact) mass is 342 g/mol. The fourth-order valence-electron chi connectivity index (χ4n) is 2.56. The number of nitrogens with one attached hydrogen (secondary N) is 1. The summed E-state index contributed by atoms with van der Waals surface area (Å²) < 4.78 is 0. The highest BCUT2D eigenvalue weighted by Gasteiger charge is 2.29. The number of carbonyl (C=O) groups is 1. The standard InChI is InChI=1S/C18H22N4OS/c1-11-4-5-13(10-20-11)8-9-19-17(23)15-12(2)21-16(14-6-7-14)22-18(15)24-3/h4-5,10,14H,6-9H2,1-3H3,(H,19,23). The Morgan fingerprint density at radius 2 is 2.08 bits per heavy atom. The molecule has 1 aliphatic rings. The summed E-state index contributed by atoms with van der Waals surface area (Å²) in [7, 11) is 0. The van der Waals surface area contributed by atoms with Gasteiger partial charge in [0.15, 0.2) is 0 Å². The molecule has 24 heavy (non-hydrogen) atoms. The van der Waals surface area contributed by atoms with E-state index in [0.29, 0.717) is 18.0 Å². The first-order chi connectivity index (χ1) is 11.6. The third-order valence-corrected chi connectivity index (χ3v) is 4.79. The number of hydrogen-bond acceptors (Lipinski definition) is 5. The zero-order valence-electron chi connectivity index (χ0n) is 14.3. The predicted molar refractivity (Wildman–Crippen MR) is 95.5 cm³/mol. The van der Waals surface area contributed by atoms with Gasteiger partial charge in [-0.25, -0.2) is 9.97 Å². The number of amides is 1. The second kappa shape index (κ2) is 7.30. The zero-order valence-corrected chi connectivity index (χ0v) is 15.1. The summed E-state index contributed by atoms with van der Waals surface area (Å²) in [5.41, 5.74) is 3.48. The largest absolute Gasteiger partial charge is 0.352 e. The van der Waals surface area contributed by atoms with E-state index in [-0.39, 0.29) is 5.91 Å². The Morgan fingerprint density at radius 3 is 2.71 bits per heavy atom. The van der Waals surface area contributed by atoms with E-state index in [1.54, 1.807) is 0 Å². The highest BCUT2D eigenvalue weighted by atomic mass is 32.2. The van der Waals surface area contributed by atoms with Crippen LogP contribution < -0.4 is 5.32 Å². The number of rotatable bonds is 6. The predicted octanol–water partition coefficient (Wildman–Crippen LogP) is 3.06. The Hall–Kier alpha value is -1.95. The molecule has 0 bridgehead atoms. The molecule has 1 fully saturated rings. The van der Waals surface area contributed by atoms with Crippen LogP contribution in [-0.2, 0) is 6.42 Å². The summed E-state index contributed by atoms with van der Waals surface area (Å²) in [6.45, 7) is 4.43. The highest BCUT2D eigenvalue weighted by molar-refractivity contribution is 7.98. The van der Waals surface area contributed by atoms with Gasteiger partial charge in [-0.1, -0.05) is 6.07 Å². The van der Waals surface area contributed by atoms with Crippen molar-refractivity contribution in [3.05, 3.63) is 46.7 Å². The van der Waals surface area contributed by atoms with E-state index in [4.69, 9.17) is 0 Å². The lowest BCUT2D eigenvalue weighted by Crippen LogP contribution is -2.28. The van der Waals surface area contributed by atoms with Crippen LogP contribution >= 0.6 is 11.8 Å². The lowest BCUT2D eigenvalue weighted by molar-refractivity contribution is 0.0949. The van der Waals surface area contributed by atoms with Gasteiger partial charge in [0.1, 0.15) is 10.9 Å². The minimum Gasteiger partial charge on any atom is -0.352 e. The average Bonchev–Trinajstić information content (AvgIpc) is 3.40. The fourth-order valence-corrected chi connectivity index (χ4v) is 3.19. The topological polar surface area (TPSA) is 67.8 Å². The fraction of sp³-hybridized carbons (Fsp3) is 0.444. The third-order valence-electron chi connectivity index (χ3n) is 4.11. The molecule has 1 N–H and O–H groups in total. The quantitative estimate of drug-likeness (QED) is 0.645. The van der Waals surface area contributed by atoms with E-state index in [0.717, 1.165) is 47.1 Å². The number of thioether (sulfide) groups is 1. The third kappa shape index (κ3) is 3.93. The molecule has 0 saturated heterocycles. The maximum absolute atomic E-state index is 12.6. The molecule has 126 valence electrons. The number of carbonyl (C=O) groups excluding carboxylic acids is 1. The Balaban J connectivity index is 1.66. The number of pyridine rings is 1. The van der Waals surface area contributed by atoms with E-state index in [9.17, 15) is 4.79 Å². The van der Waals surface area contributed by atoms with Gasteiger partial charge in [-0.2, -0.15) is 0 Å². The van der Waals surface area contributed by atoms with Gasteiger partial charge in [0.25, 0.3) is 5.91 Å². The van der Waals surface area contributed by atoms with Crippen molar-refractivity contribution < 1.29 is 4.79 Å². The molecule has 0 spiro atoms. The van der Waals surface area contributed by atoms with Crippen molar-refractivity contribution in [3.8, 4) is 0 Å². The van der Waals surface area contributed by atoms with Crippen LogP contribution in [0.3, 0.4) is 0 Å². The highest BCUT2D eigenvalue weighted by Crippen LogP contribution is 2.39. The first-order valence-corrected chi connectivity index (χ1v) is 9.43. The molecule has 3 rings (SSSR count). The van der Waals surface area contributed by atoms with Crippen molar-refractivity contribution in [1.29, 1.82) is 0 Å². The minimum atomic E-state index is -0.0979. The van der Waals surface area contributed by atoms with E-state index in [1.165, 1.54) is 11.8 Å². The molecule has 2 aromatic rings. The van der Waals surface area contributed by atoms with Crippen LogP contribution in [0.15, 0.2) is 23.4 Å². The summed E-state index contributed by atoms with van der Waals surface area (Å²) in [6.07, 6.45) is 6.88. The smallest absolute Gasteiger partial charge is 0.255 e. The average molecular weight is 342 g/mol. The van der Waals surface area contributed by atoms with Crippen LogP contribution in [0.4, 0.5) is 0 Å². The van der Waals surface area contributed by atoms with Crippen molar-refractivity contribution in [1.82, 2.24) is 20.3 Å². The van der Waals surface area contributed by atoms with E-state index in [2.05, 4.69) is 20.3 Å². The lowest BCUT2D eigenvalue weighted by atomic mass is 10.2. The van der Waals surface area contributed by atoms with Gasteiger partial charge >= 0.3 is 0 Å². The molecule has 0 unspecified atom stereocenters. The van der Waals surface area contributed by atoms with Gasteiger partial charge in [0.2, 0.25) is 0 Å².